The Balaban J connectivity index is 2.86. The second kappa shape index (κ2) is 8.19. The third-order valence-electron chi connectivity index (χ3n) is 2.94. The molecule has 0 spiro atoms. The first kappa shape index (κ1) is 16.0. The Morgan fingerprint density at radius 3 is 2.30 bits per heavy atom. The summed E-state index contributed by atoms with van der Waals surface area (Å²) in [5.41, 5.74) is 0.758. The first-order chi connectivity index (χ1) is 9.62. The molecule has 0 aliphatic carbocycles. The van der Waals surface area contributed by atoms with Crippen LogP contribution in [0.25, 0.3) is 0 Å². The van der Waals surface area contributed by atoms with Gasteiger partial charge in [0.05, 0.1) is 14.2 Å². The minimum Gasteiger partial charge on any atom is -0.497 e. The van der Waals surface area contributed by atoms with Crippen LogP contribution in [0.3, 0.4) is 0 Å². The van der Waals surface area contributed by atoms with Gasteiger partial charge in [0, 0.05) is 12.2 Å². The predicted molar refractivity (Wildman–Crippen MR) is 76.9 cm³/mol. The second-order valence-electron chi connectivity index (χ2n) is 4.35. The van der Waals surface area contributed by atoms with Crippen molar-refractivity contribution < 1.29 is 19.1 Å². The van der Waals surface area contributed by atoms with Gasteiger partial charge in [0.2, 0.25) is 5.91 Å². The van der Waals surface area contributed by atoms with Crippen LogP contribution in [0, 0.1) is 0 Å². The molecule has 0 N–H and O–H groups in total. The maximum Gasteiger partial charge on any atom is 0.315 e. The molecule has 1 rings (SSSR count). The van der Waals surface area contributed by atoms with Gasteiger partial charge in [-0.2, -0.15) is 0 Å². The van der Waals surface area contributed by atoms with Crippen molar-refractivity contribution in [2.24, 2.45) is 0 Å². The topological polar surface area (TPSA) is 55.8 Å². The van der Waals surface area contributed by atoms with Crippen molar-refractivity contribution in [2.45, 2.75) is 26.2 Å². The summed E-state index contributed by atoms with van der Waals surface area (Å²) in [6.45, 7) is 2.63. The van der Waals surface area contributed by atoms with Gasteiger partial charge >= 0.3 is 5.97 Å². The van der Waals surface area contributed by atoms with Gasteiger partial charge in [-0.15, -0.1) is 0 Å². The summed E-state index contributed by atoms with van der Waals surface area (Å²) >= 11 is 0. The molecule has 20 heavy (non-hydrogen) atoms. The molecule has 0 unspecified atom stereocenters. The molecule has 0 aliphatic rings. The summed E-state index contributed by atoms with van der Waals surface area (Å²) < 4.78 is 9.64. The van der Waals surface area contributed by atoms with Crippen LogP contribution in [0.2, 0.25) is 0 Å². The summed E-state index contributed by atoms with van der Waals surface area (Å²) in [6.07, 6.45) is 1.60. The van der Waals surface area contributed by atoms with Gasteiger partial charge in [-0.25, -0.2) is 0 Å². The zero-order chi connectivity index (χ0) is 15.0. The highest BCUT2D eigenvalue weighted by molar-refractivity contribution is 6.03. The molecule has 0 aromatic heterocycles. The Labute approximate surface area is 119 Å². The summed E-state index contributed by atoms with van der Waals surface area (Å²) in [6, 6.07) is 7.20. The molecule has 0 bridgehead atoms. The maximum absolute atomic E-state index is 12.2. The van der Waals surface area contributed by atoms with Gasteiger partial charge in [0.1, 0.15) is 12.2 Å². The van der Waals surface area contributed by atoms with E-state index in [1.807, 2.05) is 12.1 Å². The zero-order valence-electron chi connectivity index (χ0n) is 12.2. The van der Waals surface area contributed by atoms with Crippen LogP contribution in [-0.4, -0.2) is 32.6 Å². The van der Waals surface area contributed by atoms with Gasteiger partial charge in [-0.05, 0) is 30.7 Å². The van der Waals surface area contributed by atoms with Crippen LogP contribution < -0.4 is 9.64 Å². The molecule has 1 amide bonds. The minimum absolute atomic E-state index is 0.244. The van der Waals surface area contributed by atoms with Crippen LogP contribution in [-0.2, 0) is 14.3 Å². The molecule has 0 heterocycles. The molecular formula is C15H21NO4. The number of carbonyl (C=O) groups is 2. The Morgan fingerprint density at radius 1 is 1.15 bits per heavy atom. The average molecular weight is 279 g/mol. The SMILES string of the molecule is CCCCN(C(=O)CC(=O)OC)c1ccc(OC)cc1. The molecule has 1 aromatic carbocycles. The van der Waals surface area contributed by atoms with Crippen LogP contribution in [0.15, 0.2) is 24.3 Å². The van der Waals surface area contributed by atoms with Crippen molar-refractivity contribution in [3.8, 4) is 5.75 Å². The number of rotatable bonds is 7. The lowest BCUT2D eigenvalue weighted by molar-refractivity contribution is -0.143. The fraction of sp³-hybridized carbons (Fsp3) is 0.467. The van der Waals surface area contributed by atoms with E-state index in [9.17, 15) is 9.59 Å². The maximum atomic E-state index is 12.2. The minimum atomic E-state index is -0.523. The number of carbonyl (C=O) groups excluding carboxylic acids is 2. The van der Waals surface area contributed by atoms with E-state index in [-0.39, 0.29) is 12.3 Å². The van der Waals surface area contributed by atoms with Crippen molar-refractivity contribution in [3.05, 3.63) is 24.3 Å². The number of ether oxygens (including phenoxy) is 2. The third kappa shape index (κ3) is 4.57. The number of methoxy groups -OCH3 is 2. The van der Waals surface area contributed by atoms with Crippen molar-refractivity contribution in [2.75, 3.05) is 25.7 Å². The number of unbranched alkanes of at least 4 members (excludes halogenated alkanes) is 1. The molecule has 1 aromatic rings. The van der Waals surface area contributed by atoms with Gasteiger partial charge in [-0.1, -0.05) is 13.3 Å². The van der Waals surface area contributed by atoms with Gasteiger partial charge in [0.15, 0.2) is 0 Å². The second-order valence-corrected chi connectivity index (χ2v) is 4.35. The van der Waals surface area contributed by atoms with E-state index in [1.54, 1.807) is 24.1 Å². The summed E-state index contributed by atoms with van der Waals surface area (Å²) in [7, 11) is 2.87. The number of anilines is 1. The smallest absolute Gasteiger partial charge is 0.315 e. The van der Waals surface area contributed by atoms with Crippen LogP contribution in [0.1, 0.15) is 26.2 Å². The molecule has 110 valence electrons. The van der Waals surface area contributed by atoms with Crippen molar-refractivity contribution in [1.82, 2.24) is 0 Å². The van der Waals surface area contributed by atoms with Crippen molar-refractivity contribution >= 4 is 17.6 Å². The number of esters is 1. The monoisotopic (exact) mass is 279 g/mol. The van der Waals surface area contributed by atoms with E-state index in [0.29, 0.717) is 6.54 Å². The molecule has 5 heteroatoms. The summed E-state index contributed by atoms with van der Waals surface area (Å²) in [5.74, 6) is -0.0508. The molecule has 0 atom stereocenters. The largest absolute Gasteiger partial charge is 0.497 e. The number of hydrogen-bond acceptors (Lipinski definition) is 4. The van der Waals surface area contributed by atoms with Crippen molar-refractivity contribution in [3.63, 3.8) is 0 Å². The van der Waals surface area contributed by atoms with Crippen LogP contribution >= 0.6 is 0 Å². The molecule has 0 saturated carbocycles. The number of nitrogens with zero attached hydrogens (tertiary/aromatic N) is 1. The van der Waals surface area contributed by atoms with E-state index < -0.39 is 5.97 Å². The van der Waals surface area contributed by atoms with Gasteiger partial charge in [0.25, 0.3) is 0 Å². The van der Waals surface area contributed by atoms with Gasteiger partial charge in [-0.3, -0.25) is 9.59 Å². The lowest BCUT2D eigenvalue weighted by Gasteiger charge is -2.22. The van der Waals surface area contributed by atoms with Crippen molar-refractivity contribution in [1.29, 1.82) is 0 Å². The van der Waals surface area contributed by atoms with Crippen LogP contribution in [0.5, 0.6) is 5.75 Å². The van der Waals surface area contributed by atoms with E-state index in [0.717, 1.165) is 24.3 Å². The molecule has 0 saturated heterocycles. The van der Waals surface area contributed by atoms with Gasteiger partial charge < -0.3 is 14.4 Å². The Morgan fingerprint density at radius 2 is 1.80 bits per heavy atom. The molecule has 5 nitrogen and oxygen atoms in total. The Hall–Kier alpha value is -2.04. The predicted octanol–water partition coefficient (Wildman–Crippen LogP) is 2.39. The van der Waals surface area contributed by atoms with E-state index in [4.69, 9.17) is 4.74 Å². The fourth-order valence-electron chi connectivity index (χ4n) is 1.77. The number of amides is 1. The zero-order valence-corrected chi connectivity index (χ0v) is 12.2. The third-order valence-corrected chi connectivity index (χ3v) is 2.94. The van der Waals surface area contributed by atoms with E-state index in [2.05, 4.69) is 11.7 Å². The normalized spacial score (nSPS) is 9.95. The summed E-state index contributed by atoms with van der Waals surface area (Å²) in [5, 5.41) is 0. The standard InChI is InChI=1S/C15H21NO4/c1-4-5-10-16(14(17)11-15(18)20-3)12-6-8-13(19-2)9-7-12/h6-9H,4-5,10-11H2,1-3H3. The Bertz CT molecular complexity index is 442. The number of hydrogen-bond donors (Lipinski definition) is 0. The first-order valence-electron chi connectivity index (χ1n) is 6.63. The fourth-order valence-corrected chi connectivity index (χ4v) is 1.77. The number of benzene rings is 1. The molecule has 0 aliphatic heterocycles. The van der Waals surface area contributed by atoms with E-state index in [1.165, 1.54) is 7.11 Å². The highest BCUT2D eigenvalue weighted by atomic mass is 16.5. The highest BCUT2D eigenvalue weighted by Gasteiger charge is 2.18. The Kier molecular flexibility index (Phi) is 6.56. The average Bonchev–Trinajstić information content (AvgIpc) is 2.48. The first-order valence-corrected chi connectivity index (χ1v) is 6.63. The quantitative estimate of drug-likeness (QED) is 0.568. The molecule has 0 fully saturated rings. The molecular weight excluding hydrogens is 258 g/mol. The summed E-state index contributed by atoms with van der Waals surface area (Å²) in [4.78, 5) is 25.0. The van der Waals surface area contributed by atoms with Crippen LogP contribution in [0.4, 0.5) is 5.69 Å². The molecule has 0 radical (unpaired) electrons. The lowest BCUT2D eigenvalue weighted by atomic mass is 10.2. The lowest BCUT2D eigenvalue weighted by Crippen LogP contribution is -2.33. The highest BCUT2D eigenvalue weighted by Crippen LogP contribution is 2.20. The van der Waals surface area contributed by atoms with E-state index >= 15 is 0 Å².